The summed E-state index contributed by atoms with van der Waals surface area (Å²) in [5, 5.41) is 22.4. The summed E-state index contributed by atoms with van der Waals surface area (Å²) in [5.41, 5.74) is 0.0839. The van der Waals surface area contributed by atoms with Gasteiger partial charge >= 0.3 is 11.9 Å². The number of benzene rings is 1. The smallest absolute Gasteiger partial charge is 0.325 e. The maximum Gasteiger partial charge on any atom is 0.325 e. The number of amides is 2. The molecule has 3 heterocycles. The van der Waals surface area contributed by atoms with Crippen LogP contribution in [0.15, 0.2) is 48.7 Å². The van der Waals surface area contributed by atoms with Gasteiger partial charge in [0.25, 0.3) is 0 Å². The largest absolute Gasteiger partial charge is 0.481 e. The number of carboxylic acids is 2. The Bertz CT molecular complexity index is 1090. The monoisotopic (exact) mass is 437 g/mol. The number of aliphatic carboxylic acids is 2. The predicted molar refractivity (Wildman–Crippen MR) is 111 cm³/mol. The summed E-state index contributed by atoms with van der Waals surface area (Å²) in [5.74, 6) is -6.32. The second-order valence-electron chi connectivity index (χ2n) is 8.23. The van der Waals surface area contributed by atoms with Gasteiger partial charge in [0.15, 0.2) is 0 Å². The lowest BCUT2D eigenvalue weighted by molar-refractivity contribution is -0.156. The van der Waals surface area contributed by atoms with Gasteiger partial charge in [-0.25, -0.2) is 0 Å². The molecule has 0 spiro atoms. The average molecular weight is 437 g/mol. The van der Waals surface area contributed by atoms with Crippen molar-refractivity contribution in [2.24, 2.45) is 11.8 Å². The Morgan fingerprint density at radius 2 is 1.81 bits per heavy atom. The molecule has 0 radical (unpaired) electrons. The number of carbonyl (C=O) groups excluding carboxylic acids is 2. The molecule has 32 heavy (non-hydrogen) atoms. The quantitative estimate of drug-likeness (QED) is 0.549. The lowest BCUT2D eigenvalue weighted by Crippen LogP contribution is -2.57. The zero-order valence-electron chi connectivity index (χ0n) is 17.4. The van der Waals surface area contributed by atoms with Gasteiger partial charge in [-0.2, -0.15) is 0 Å². The first-order chi connectivity index (χ1) is 15.3. The molecule has 2 fully saturated rings. The minimum absolute atomic E-state index is 0.0466. The first-order valence-corrected chi connectivity index (χ1v) is 10.3. The van der Waals surface area contributed by atoms with Crippen LogP contribution in [0.5, 0.6) is 0 Å². The second kappa shape index (κ2) is 8.16. The summed E-state index contributed by atoms with van der Waals surface area (Å²) < 4.78 is 0. The number of rotatable bonds is 7. The van der Waals surface area contributed by atoms with Crippen LogP contribution in [0, 0.1) is 18.8 Å². The Morgan fingerprint density at radius 3 is 2.44 bits per heavy atom. The number of imide groups is 1. The fourth-order valence-corrected chi connectivity index (χ4v) is 4.93. The topological polar surface area (TPSA) is 137 Å². The average Bonchev–Trinajstić information content (AvgIpc) is 3.22. The van der Waals surface area contributed by atoms with Crippen molar-refractivity contribution in [1.82, 2.24) is 15.2 Å². The van der Waals surface area contributed by atoms with E-state index in [0.29, 0.717) is 17.7 Å². The van der Waals surface area contributed by atoms with Crippen molar-refractivity contribution in [3.63, 3.8) is 0 Å². The molecule has 2 amide bonds. The van der Waals surface area contributed by atoms with Crippen LogP contribution in [0.2, 0.25) is 0 Å². The molecule has 1 aromatic heterocycles. The minimum atomic E-state index is -2.09. The highest BCUT2D eigenvalue weighted by atomic mass is 16.4. The van der Waals surface area contributed by atoms with Crippen molar-refractivity contribution in [2.75, 3.05) is 6.54 Å². The van der Waals surface area contributed by atoms with Gasteiger partial charge < -0.3 is 10.2 Å². The highest BCUT2D eigenvalue weighted by Crippen LogP contribution is 2.50. The number of hydrogen-bond acceptors (Lipinski definition) is 6. The van der Waals surface area contributed by atoms with Crippen LogP contribution in [0.4, 0.5) is 0 Å². The number of nitrogens with zero attached hydrogens (tertiary/aromatic N) is 2. The standard InChI is InChI=1S/C23H23N3O6/c1-13-6-2-3-8-15(13)19-17-18(23(25-19,22(31)32)12-16(27)28)21(30)26(20(17)29)11-9-14-7-4-5-10-24-14/h2-8,10,17-19,25H,9,11-12H2,1H3,(H,27,28)(H,31,32). The number of pyridine rings is 1. The molecule has 0 saturated carbocycles. The lowest BCUT2D eigenvalue weighted by Gasteiger charge is -2.30. The third-order valence-corrected chi connectivity index (χ3v) is 6.40. The molecule has 166 valence electrons. The third kappa shape index (κ3) is 3.44. The minimum Gasteiger partial charge on any atom is -0.481 e. The molecule has 2 saturated heterocycles. The van der Waals surface area contributed by atoms with Crippen LogP contribution in [0.3, 0.4) is 0 Å². The van der Waals surface area contributed by atoms with Crippen molar-refractivity contribution in [2.45, 2.75) is 31.3 Å². The van der Waals surface area contributed by atoms with Gasteiger partial charge in [0.2, 0.25) is 11.8 Å². The fourth-order valence-electron chi connectivity index (χ4n) is 4.93. The summed E-state index contributed by atoms with van der Waals surface area (Å²) in [6.45, 7) is 1.87. The number of likely N-dealkylation sites (tertiary alicyclic amines) is 1. The molecule has 0 aliphatic carbocycles. The zero-order chi connectivity index (χ0) is 23.0. The SMILES string of the molecule is Cc1ccccc1C1NC(CC(=O)O)(C(=O)O)C2C(=O)N(CCc3ccccn3)C(=O)C12. The summed E-state index contributed by atoms with van der Waals surface area (Å²) in [6.07, 6.45) is 1.11. The summed E-state index contributed by atoms with van der Waals surface area (Å²) in [6, 6.07) is 11.7. The zero-order valence-corrected chi connectivity index (χ0v) is 17.4. The van der Waals surface area contributed by atoms with E-state index in [1.54, 1.807) is 36.5 Å². The maximum absolute atomic E-state index is 13.4. The van der Waals surface area contributed by atoms with E-state index in [4.69, 9.17) is 0 Å². The van der Waals surface area contributed by atoms with Crippen LogP contribution in [-0.4, -0.2) is 55.9 Å². The molecule has 9 heteroatoms. The fraction of sp³-hybridized carbons (Fsp3) is 0.348. The van der Waals surface area contributed by atoms with Crippen LogP contribution in [-0.2, 0) is 25.6 Å². The van der Waals surface area contributed by atoms with Crippen molar-refractivity contribution < 1.29 is 29.4 Å². The van der Waals surface area contributed by atoms with Gasteiger partial charge in [0.1, 0.15) is 5.54 Å². The van der Waals surface area contributed by atoms with E-state index in [2.05, 4.69) is 10.3 Å². The molecule has 4 atom stereocenters. The van der Waals surface area contributed by atoms with Crippen molar-refractivity contribution in [1.29, 1.82) is 0 Å². The van der Waals surface area contributed by atoms with Crippen LogP contribution in [0.1, 0.15) is 29.3 Å². The van der Waals surface area contributed by atoms with E-state index in [0.717, 1.165) is 10.5 Å². The molecular weight excluding hydrogens is 414 g/mol. The number of hydrogen-bond donors (Lipinski definition) is 3. The molecule has 2 aromatic rings. The Hall–Kier alpha value is -3.59. The number of aromatic nitrogens is 1. The Morgan fingerprint density at radius 1 is 1.09 bits per heavy atom. The highest BCUT2D eigenvalue weighted by molar-refractivity contribution is 6.10. The molecular formula is C23H23N3O6. The van der Waals surface area contributed by atoms with Gasteiger partial charge in [0.05, 0.1) is 18.3 Å². The normalized spacial score (nSPS) is 26.9. The number of nitrogens with one attached hydrogen (secondary N) is 1. The van der Waals surface area contributed by atoms with Crippen LogP contribution >= 0.6 is 0 Å². The van der Waals surface area contributed by atoms with Gasteiger partial charge in [-0.15, -0.1) is 0 Å². The van der Waals surface area contributed by atoms with E-state index in [-0.39, 0.29) is 6.54 Å². The number of fused-ring (bicyclic) bond motifs is 1. The van der Waals surface area contributed by atoms with Crippen molar-refractivity contribution in [3.05, 3.63) is 65.5 Å². The first-order valence-electron chi connectivity index (χ1n) is 10.3. The molecule has 0 bridgehead atoms. The van der Waals surface area contributed by atoms with Gasteiger partial charge in [-0.3, -0.25) is 34.4 Å². The molecule has 3 N–H and O–H groups in total. The molecule has 2 aliphatic rings. The third-order valence-electron chi connectivity index (χ3n) is 6.40. The number of carbonyl (C=O) groups is 4. The number of carboxylic acid groups (broad SMARTS) is 2. The van der Waals surface area contributed by atoms with Gasteiger partial charge in [0, 0.05) is 30.9 Å². The van der Waals surface area contributed by atoms with Gasteiger partial charge in [-0.1, -0.05) is 30.3 Å². The Kier molecular flexibility index (Phi) is 5.52. The van der Waals surface area contributed by atoms with Crippen molar-refractivity contribution in [3.8, 4) is 0 Å². The Labute approximate surface area is 184 Å². The lowest BCUT2D eigenvalue weighted by atomic mass is 9.77. The maximum atomic E-state index is 13.4. The van der Waals surface area contributed by atoms with E-state index in [1.165, 1.54) is 0 Å². The van der Waals surface area contributed by atoms with Crippen LogP contribution < -0.4 is 5.32 Å². The molecule has 1 aromatic carbocycles. The van der Waals surface area contributed by atoms with E-state index < -0.39 is 53.6 Å². The summed E-state index contributed by atoms with van der Waals surface area (Å²) in [4.78, 5) is 56.1. The first kappa shape index (κ1) is 21.6. The molecule has 9 nitrogen and oxygen atoms in total. The number of aryl methyl sites for hydroxylation is 1. The summed E-state index contributed by atoms with van der Waals surface area (Å²) >= 11 is 0. The van der Waals surface area contributed by atoms with E-state index in [1.807, 2.05) is 19.1 Å². The molecule has 2 aliphatic heterocycles. The molecule has 4 unspecified atom stereocenters. The van der Waals surface area contributed by atoms with Gasteiger partial charge in [-0.05, 0) is 30.2 Å². The summed E-state index contributed by atoms with van der Waals surface area (Å²) in [7, 11) is 0. The second-order valence-corrected chi connectivity index (χ2v) is 8.23. The van der Waals surface area contributed by atoms with E-state index >= 15 is 0 Å². The van der Waals surface area contributed by atoms with Crippen molar-refractivity contribution >= 4 is 23.8 Å². The van der Waals surface area contributed by atoms with Crippen LogP contribution in [0.25, 0.3) is 0 Å². The van der Waals surface area contributed by atoms with E-state index in [9.17, 15) is 29.4 Å². The highest BCUT2D eigenvalue weighted by Gasteiger charge is 2.69. The predicted octanol–water partition coefficient (Wildman–Crippen LogP) is 1.18. The molecule has 4 rings (SSSR count). The Balaban J connectivity index is 1.75.